The van der Waals surface area contributed by atoms with Crippen molar-refractivity contribution in [2.75, 3.05) is 13.6 Å². The van der Waals surface area contributed by atoms with Gasteiger partial charge in [0.2, 0.25) is 0 Å². The predicted molar refractivity (Wildman–Crippen MR) is 60.5 cm³/mol. The van der Waals surface area contributed by atoms with E-state index in [0.29, 0.717) is 12.6 Å². The number of aromatic nitrogens is 2. The van der Waals surface area contributed by atoms with Gasteiger partial charge in [-0.1, -0.05) is 0 Å². The van der Waals surface area contributed by atoms with Crippen molar-refractivity contribution >= 4 is 0 Å². The summed E-state index contributed by atoms with van der Waals surface area (Å²) in [4.78, 5) is 6.60. The highest BCUT2D eigenvalue weighted by Crippen LogP contribution is 2.32. The third-order valence-electron chi connectivity index (χ3n) is 3.26. The molecule has 1 saturated carbocycles. The quantitative estimate of drug-likeness (QED) is 0.785. The zero-order valence-corrected chi connectivity index (χ0v) is 9.56. The van der Waals surface area contributed by atoms with E-state index < -0.39 is 0 Å². The molecule has 0 amide bonds. The first-order valence-electron chi connectivity index (χ1n) is 5.70. The molecule has 1 aliphatic rings. The lowest BCUT2D eigenvalue weighted by Crippen LogP contribution is -2.33. The van der Waals surface area contributed by atoms with Gasteiger partial charge in [-0.3, -0.25) is 4.90 Å². The van der Waals surface area contributed by atoms with Crippen LogP contribution in [0.25, 0.3) is 0 Å². The van der Waals surface area contributed by atoms with E-state index in [1.807, 2.05) is 12.5 Å². The van der Waals surface area contributed by atoms with Gasteiger partial charge in [-0.2, -0.15) is 0 Å². The van der Waals surface area contributed by atoms with E-state index in [-0.39, 0.29) is 0 Å². The Bertz CT molecular complexity index is 316. The highest BCUT2D eigenvalue weighted by atomic mass is 15.2. The summed E-state index contributed by atoms with van der Waals surface area (Å²) < 4.78 is 2.18. The van der Waals surface area contributed by atoms with E-state index in [1.165, 1.54) is 18.5 Å². The number of likely N-dealkylation sites (N-methyl/N-ethyl adjacent to an activating group) is 1. The summed E-state index contributed by atoms with van der Waals surface area (Å²) >= 11 is 0. The van der Waals surface area contributed by atoms with Crippen LogP contribution in [-0.4, -0.2) is 34.1 Å². The zero-order valence-electron chi connectivity index (χ0n) is 9.56. The number of imidazole rings is 1. The smallest absolute Gasteiger partial charge is 0.0948 e. The van der Waals surface area contributed by atoms with E-state index in [2.05, 4.69) is 28.4 Å². The summed E-state index contributed by atoms with van der Waals surface area (Å²) in [5.41, 5.74) is 7.12. The second-order valence-corrected chi connectivity index (χ2v) is 4.25. The standard InChI is InChI=1S/C11H20N4/c1-3-15-8-13-7-11(15)10(6-12)14(2)9-4-5-9/h7-10H,3-6,12H2,1-2H3. The summed E-state index contributed by atoms with van der Waals surface area (Å²) in [6.07, 6.45) is 6.46. The molecule has 0 aromatic carbocycles. The Balaban J connectivity index is 2.17. The third-order valence-corrected chi connectivity index (χ3v) is 3.26. The molecule has 0 bridgehead atoms. The summed E-state index contributed by atoms with van der Waals surface area (Å²) in [7, 11) is 2.17. The van der Waals surface area contributed by atoms with Gasteiger partial charge in [0.1, 0.15) is 0 Å². The Labute approximate surface area is 91.1 Å². The first-order valence-corrected chi connectivity index (χ1v) is 5.70. The topological polar surface area (TPSA) is 47.1 Å². The minimum absolute atomic E-state index is 0.319. The van der Waals surface area contributed by atoms with Gasteiger partial charge in [0, 0.05) is 25.3 Å². The molecule has 1 atom stereocenters. The van der Waals surface area contributed by atoms with Crippen molar-refractivity contribution in [2.45, 2.75) is 38.4 Å². The molecule has 1 aromatic rings. The molecule has 0 saturated heterocycles. The predicted octanol–water partition coefficient (Wildman–Crippen LogP) is 0.997. The second-order valence-electron chi connectivity index (χ2n) is 4.25. The van der Waals surface area contributed by atoms with Crippen LogP contribution < -0.4 is 5.73 Å². The maximum atomic E-state index is 5.87. The fourth-order valence-corrected chi connectivity index (χ4v) is 2.10. The van der Waals surface area contributed by atoms with Gasteiger partial charge >= 0.3 is 0 Å². The van der Waals surface area contributed by atoms with Crippen LogP contribution in [0.4, 0.5) is 0 Å². The molecule has 1 unspecified atom stereocenters. The molecule has 4 nitrogen and oxygen atoms in total. The van der Waals surface area contributed by atoms with E-state index in [9.17, 15) is 0 Å². The fraction of sp³-hybridized carbons (Fsp3) is 0.727. The number of nitrogens with two attached hydrogens (primary N) is 1. The molecule has 1 aromatic heterocycles. The van der Waals surface area contributed by atoms with E-state index in [0.717, 1.165) is 12.6 Å². The second kappa shape index (κ2) is 4.33. The van der Waals surface area contributed by atoms with Gasteiger partial charge < -0.3 is 10.3 Å². The lowest BCUT2D eigenvalue weighted by molar-refractivity contribution is 0.231. The number of nitrogens with zero attached hydrogens (tertiary/aromatic N) is 3. The Morgan fingerprint density at radius 1 is 1.67 bits per heavy atom. The Kier molecular flexibility index (Phi) is 3.07. The molecule has 0 radical (unpaired) electrons. The van der Waals surface area contributed by atoms with Crippen LogP contribution >= 0.6 is 0 Å². The Morgan fingerprint density at radius 2 is 2.40 bits per heavy atom. The van der Waals surface area contributed by atoms with Gasteiger partial charge in [0.25, 0.3) is 0 Å². The fourth-order valence-electron chi connectivity index (χ4n) is 2.10. The number of rotatable bonds is 5. The highest BCUT2D eigenvalue weighted by Gasteiger charge is 2.32. The number of aryl methyl sites for hydroxylation is 1. The van der Waals surface area contributed by atoms with Crippen LogP contribution in [0.2, 0.25) is 0 Å². The van der Waals surface area contributed by atoms with Crippen LogP contribution in [0, 0.1) is 0 Å². The summed E-state index contributed by atoms with van der Waals surface area (Å²) in [6.45, 7) is 3.76. The molecule has 2 rings (SSSR count). The molecule has 84 valence electrons. The molecule has 1 aliphatic carbocycles. The van der Waals surface area contributed by atoms with Crippen LogP contribution in [-0.2, 0) is 6.54 Å². The van der Waals surface area contributed by atoms with Crippen molar-refractivity contribution < 1.29 is 0 Å². The average molecular weight is 208 g/mol. The molecule has 4 heteroatoms. The van der Waals surface area contributed by atoms with E-state index in [4.69, 9.17) is 5.73 Å². The van der Waals surface area contributed by atoms with Crippen LogP contribution in [0.1, 0.15) is 31.5 Å². The molecule has 15 heavy (non-hydrogen) atoms. The first-order chi connectivity index (χ1) is 7.27. The van der Waals surface area contributed by atoms with Gasteiger partial charge in [0.15, 0.2) is 0 Å². The normalized spacial score (nSPS) is 18.4. The molecule has 1 fully saturated rings. The van der Waals surface area contributed by atoms with Crippen molar-refractivity contribution in [3.63, 3.8) is 0 Å². The lowest BCUT2D eigenvalue weighted by atomic mass is 10.2. The average Bonchev–Trinajstić information content (AvgIpc) is 3.00. The molecular formula is C11H20N4. The monoisotopic (exact) mass is 208 g/mol. The summed E-state index contributed by atoms with van der Waals surface area (Å²) in [6, 6.07) is 1.05. The lowest BCUT2D eigenvalue weighted by Gasteiger charge is -2.27. The largest absolute Gasteiger partial charge is 0.333 e. The Morgan fingerprint density at radius 3 is 2.93 bits per heavy atom. The Hall–Kier alpha value is -0.870. The minimum Gasteiger partial charge on any atom is -0.333 e. The third kappa shape index (κ3) is 2.06. The molecule has 1 heterocycles. The van der Waals surface area contributed by atoms with Crippen LogP contribution in [0.3, 0.4) is 0 Å². The van der Waals surface area contributed by atoms with Crippen molar-refractivity contribution in [1.82, 2.24) is 14.5 Å². The zero-order chi connectivity index (χ0) is 10.8. The highest BCUT2D eigenvalue weighted by molar-refractivity contribution is 5.08. The molecule has 2 N–H and O–H groups in total. The SMILES string of the molecule is CCn1cncc1C(CN)N(C)C1CC1. The molecule has 0 spiro atoms. The number of hydrogen-bond donors (Lipinski definition) is 1. The number of hydrogen-bond acceptors (Lipinski definition) is 3. The van der Waals surface area contributed by atoms with Crippen molar-refractivity contribution in [3.8, 4) is 0 Å². The van der Waals surface area contributed by atoms with Gasteiger partial charge in [-0.05, 0) is 26.8 Å². The maximum Gasteiger partial charge on any atom is 0.0948 e. The molecule has 0 aliphatic heterocycles. The van der Waals surface area contributed by atoms with Gasteiger partial charge in [-0.25, -0.2) is 4.98 Å². The van der Waals surface area contributed by atoms with Gasteiger partial charge in [0.05, 0.1) is 18.1 Å². The van der Waals surface area contributed by atoms with Crippen molar-refractivity contribution in [1.29, 1.82) is 0 Å². The van der Waals surface area contributed by atoms with E-state index in [1.54, 1.807) is 0 Å². The van der Waals surface area contributed by atoms with Gasteiger partial charge in [-0.15, -0.1) is 0 Å². The summed E-state index contributed by atoms with van der Waals surface area (Å²) in [5, 5.41) is 0. The minimum atomic E-state index is 0.319. The summed E-state index contributed by atoms with van der Waals surface area (Å²) in [5.74, 6) is 0. The van der Waals surface area contributed by atoms with E-state index >= 15 is 0 Å². The van der Waals surface area contributed by atoms with Crippen LogP contribution in [0.5, 0.6) is 0 Å². The first kappa shape index (κ1) is 10.6. The van der Waals surface area contributed by atoms with Crippen molar-refractivity contribution in [3.05, 3.63) is 18.2 Å². The van der Waals surface area contributed by atoms with Crippen LogP contribution in [0.15, 0.2) is 12.5 Å². The maximum absolute atomic E-state index is 5.87. The molecular weight excluding hydrogens is 188 g/mol. The van der Waals surface area contributed by atoms with Crippen molar-refractivity contribution in [2.24, 2.45) is 5.73 Å².